The highest BCUT2D eigenvalue weighted by Gasteiger charge is 2.24. The molecule has 0 aliphatic heterocycles. The average Bonchev–Trinajstić information content (AvgIpc) is 3.28. The first-order valence-corrected chi connectivity index (χ1v) is 28.1. The molecule has 0 aliphatic carbocycles. The molecule has 0 heterocycles. The second kappa shape index (κ2) is 51.3. The van der Waals surface area contributed by atoms with Gasteiger partial charge in [0.1, 0.15) is 6.10 Å². The van der Waals surface area contributed by atoms with E-state index in [0.29, 0.717) is 19.3 Å². The predicted molar refractivity (Wildman–Crippen MR) is 273 cm³/mol. The zero-order valence-electron chi connectivity index (χ0n) is 42.5. The van der Waals surface area contributed by atoms with Crippen molar-refractivity contribution in [3.05, 3.63) is 24.3 Å². The van der Waals surface area contributed by atoms with Gasteiger partial charge >= 0.3 is 5.97 Å². The third-order valence-electron chi connectivity index (χ3n) is 13.0. The molecule has 6 heteroatoms. The van der Waals surface area contributed by atoms with E-state index in [9.17, 15) is 19.8 Å². The third kappa shape index (κ3) is 46.7. The van der Waals surface area contributed by atoms with Crippen molar-refractivity contribution >= 4 is 11.9 Å². The van der Waals surface area contributed by atoms with Crippen molar-refractivity contribution in [3.8, 4) is 0 Å². The highest BCUT2D eigenvalue weighted by atomic mass is 16.5. The minimum Gasteiger partial charge on any atom is -0.462 e. The highest BCUT2D eigenvalue weighted by molar-refractivity contribution is 5.77. The van der Waals surface area contributed by atoms with Crippen LogP contribution in [0.25, 0.3) is 0 Å². The summed E-state index contributed by atoms with van der Waals surface area (Å²) in [5.74, 6) is -0.472. The third-order valence-corrected chi connectivity index (χ3v) is 13.0. The van der Waals surface area contributed by atoms with Crippen LogP contribution in [0.4, 0.5) is 0 Å². The zero-order chi connectivity index (χ0) is 45.9. The highest BCUT2D eigenvalue weighted by Crippen LogP contribution is 2.18. The van der Waals surface area contributed by atoms with E-state index in [-0.39, 0.29) is 24.9 Å². The maximum Gasteiger partial charge on any atom is 0.306 e. The number of amides is 1. The Bertz CT molecular complexity index is 997. The van der Waals surface area contributed by atoms with Crippen LogP contribution in [0.3, 0.4) is 0 Å². The molecule has 0 aliphatic rings. The maximum absolute atomic E-state index is 13.2. The van der Waals surface area contributed by atoms with E-state index >= 15 is 0 Å². The summed E-state index contributed by atoms with van der Waals surface area (Å²) in [6.45, 7) is 6.50. The molecule has 0 fully saturated rings. The van der Waals surface area contributed by atoms with Gasteiger partial charge in [0, 0.05) is 6.42 Å². The molecular formula is C57H109NO5. The first-order valence-electron chi connectivity index (χ1n) is 28.1. The smallest absolute Gasteiger partial charge is 0.306 e. The van der Waals surface area contributed by atoms with Crippen molar-refractivity contribution in [2.24, 2.45) is 0 Å². The summed E-state index contributed by atoms with van der Waals surface area (Å²) in [6, 6.07) is -0.701. The van der Waals surface area contributed by atoms with Crippen molar-refractivity contribution in [1.29, 1.82) is 0 Å². The van der Waals surface area contributed by atoms with Crippen molar-refractivity contribution in [2.45, 2.75) is 322 Å². The Balaban J connectivity index is 4.55. The number of aliphatic hydroxyl groups is 2. The van der Waals surface area contributed by atoms with Gasteiger partial charge in [-0.25, -0.2) is 0 Å². The van der Waals surface area contributed by atoms with E-state index < -0.39 is 18.2 Å². The topological polar surface area (TPSA) is 95.9 Å². The number of hydrogen-bond donors (Lipinski definition) is 3. The summed E-state index contributed by atoms with van der Waals surface area (Å²) in [5.41, 5.74) is 0. The fraction of sp³-hybridized carbons (Fsp3) is 0.895. The molecule has 0 saturated heterocycles. The Morgan fingerprint density at radius 2 is 0.762 bits per heavy atom. The number of carbonyl (C=O) groups is 2. The van der Waals surface area contributed by atoms with Crippen LogP contribution in [0, 0.1) is 0 Å². The number of ether oxygens (including phenoxy) is 1. The predicted octanol–water partition coefficient (Wildman–Crippen LogP) is 17.1. The molecule has 6 nitrogen and oxygen atoms in total. The summed E-state index contributed by atoms with van der Waals surface area (Å²) >= 11 is 0. The summed E-state index contributed by atoms with van der Waals surface area (Å²) in [7, 11) is 0. The van der Waals surface area contributed by atoms with Gasteiger partial charge in [0.25, 0.3) is 0 Å². The van der Waals surface area contributed by atoms with Crippen LogP contribution in [0.1, 0.15) is 303 Å². The summed E-state index contributed by atoms with van der Waals surface area (Å²) in [6.07, 6.45) is 59.5. The van der Waals surface area contributed by atoms with E-state index in [4.69, 9.17) is 4.74 Å². The molecule has 0 aromatic carbocycles. The van der Waals surface area contributed by atoms with E-state index in [2.05, 4.69) is 50.4 Å². The van der Waals surface area contributed by atoms with Crippen LogP contribution in [0.5, 0.6) is 0 Å². The summed E-state index contributed by atoms with van der Waals surface area (Å²) in [4.78, 5) is 26.2. The van der Waals surface area contributed by atoms with Crippen molar-refractivity contribution in [1.82, 2.24) is 5.32 Å². The lowest BCUT2D eigenvalue weighted by molar-refractivity contribution is -0.151. The van der Waals surface area contributed by atoms with Crippen molar-refractivity contribution < 1.29 is 24.5 Å². The number of unbranched alkanes of at least 4 members (excludes halogenated alkanes) is 35. The van der Waals surface area contributed by atoms with Gasteiger partial charge in [-0.3, -0.25) is 9.59 Å². The molecule has 0 aromatic heterocycles. The molecule has 0 spiro atoms. The van der Waals surface area contributed by atoms with E-state index in [1.807, 2.05) is 0 Å². The molecule has 0 aromatic rings. The fourth-order valence-electron chi connectivity index (χ4n) is 8.72. The number of carbonyl (C=O) groups excluding carboxylic acids is 2. The van der Waals surface area contributed by atoms with Crippen LogP contribution < -0.4 is 5.32 Å². The quantitative estimate of drug-likeness (QED) is 0.0321. The van der Waals surface area contributed by atoms with Crippen molar-refractivity contribution in [2.75, 3.05) is 6.61 Å². The molecular weight excluding hydrogens is 779 g/mol. The summed E-state index contributed by atoms with van der Waals surface area (Å²) < 4.78 is 5.95. The van der Waals surface area contributed by atoms with Gasteiger partial charge < -0.3 is 20.3 Å². The second-order valence-electron chi connectivity index (χ2n) is 19.3. The van der Waals surface area contributed by atoms with Crippen LogP contribution in [0.15, 0.2) is 24.3 Å². The molecule has 0 rings (SSSR count). The van der Waals surface area contributed by atoms with Gasteiger partial charge in [0.05, 0.1) is 25.2 Å². The minimum atomic E-state index is -0.787. The number of esters is 1. The van der Waals surface area contributed by atoms with Gasteiger partial charge in [-0.15, -0.1) is 0 Å². The number of aliphatic hydroxyl groups excluding tert-OH is 2. The molecule has 3 N–H and O–H groups in total. The molecule has 3 atom stereocenters. The fourth-order valence-corrected chi connectivity index (χ4v) is 8.72. The van der Waals surface area contributed by atoms with Crippen LogP contribution in [0.2, 0.25) is 0 Å². The molecule has 63 heavy (non-hydrogen) atoms. The number of nitrogens with one attached hydrogen (secondary N) is 1. The first kappa shape index (κ1) is 61.3. The van der Waals surface area contributed by atoms with Crippen LogP contribution >= 0.6 is 0 Å². The molecule has 0 bridgehead atoms. The first-order chi connectivity index (χ1) is 31.0. The Labute approximate surface area is 392 Å². The van der Waals surface area contributed by atoms with Gasteiger partial charge in [-0.2, -0.15) is 0 Å². The van der Waals surface area contributed by atoms with Gasteiger partial charge in [0.2, 0.25) is 5.91 Å². The van der Waals surface area contributed by atoms with Gasteiger partial charge in [-0.1, -0.05) is 238 Å². The number of allylic oxidation sites excluding steroid dienone is 4. The monoisotopic (exact) mass is 888 g/mol. The summed E-state index contributed by atoms with van der Waals surface area (Å²) in [5, 5.41) is 23.8. The molecule has 0 saturated carbocycles. The number of rotatable bonds is 51. The lowest BCUT2D eigenvalue weighted by atomic mass is 10.0. The van der Waals surface area contributed by atoms with Crippen molar-refractivity contribution in [3.63, 3.8) is 0 Å². The Morgan fingerprint density at radius 3 is 1.13 bits per heavy atom. The second-order valence-corrected chi connectivity index (χ2v) is 19.3. The molecule has 1 amide bonds. The number of hydrogen-bond acceptors (Lipinski definition) is 5. The van der Waals surface area contributed by atoms with E-state index in [0.717, 1.165) is 57.8 Å². The Hall–Kier alpha value is -1.66. The average molecular weight is 889 g/mol. The Kier molecular flexibility index (Phi) is 50.0. The molecule has 0 radical (unpaired) electrons. The minimum absolute atomic E-state index is 0.0746. The Morgan fingerprint density at radius 1 is 0.444 bits per heavy atom. The van der Waals surface area contributed by atoms with Crippen LogP contribution in [-0.2, 0) is 14.3 Å². The lowest BCUT2D eigenvalue weighted by Gasteiger charge is -2.24. The van der Waals surface area contributed by atoms with E-state index in [1.54, 1.807) is 0 Å². The zero-order valence-corrected chi connectivity index (χ0v) is 42.5. The standard InChI is InChI=1S/C57H109NO5/c1-4-7-10-13-16-19-22-25-27-28-30-32-35-38-41-44-47-50-57(62)63-53(48-45-42-39-36-33-31-29-26-23-20-17-14-11-8-5-2)51-56(61)58-54(52-59)55(60)49-46-43-40-37-34-24-21-18-15-12-9-6-3/h25-27,29,53-55,59-60H,4-24,28,30-52H2,1-3H3,(H,58,61)/b27-25+,29-26+. The van der Waals surface area contributed by atoms with Gasteiger partial charge in [0.15, 0.2) is 0 Å². The largest absolute Gasteiger partial charge is 0.462 e. The molecule has 372 valence electrons. The normalized spacial score (nSPS) is 13.3. The maximum atomic E-state index is 13.2. The van der Waals surface area contributed by atoms with Crippen LogP contribution in [-0.4, -0.2) is 46.9 Å². The van der Waals surface area contributed by atoms with Gasteiger partial charge in [-0.05, 0) is 77.0 Å². The molecule has 3 unspecified atom stereocenters. The SMILES string of the molecule is CCCCCCCC/C=C/CCCCCCCCCC(=O)OC(CCCCCCC/C=C/CCCCCCCC)CC(=O)NC(CO)C(O)CCCCCCCCCCCCCC. The van der Waals surface area contributed by atoms with E-state index in [1.165, 1.54) is 199 Å². The lowest BCUT2D eigenvalue weighted by Crippen LogP contribution is -2.46.